The summed E-state index contributed by atoms with van der Waals surface area (Å²) < 4.78 is 3.20. The number of rotatable bonds is 8. The number of aromatic nitrogens is 4. The van der Waals surface area contributed by atoms with E-state index in [1.165, 1.54) is 6.33 Å². The maximum absolute atomic E-state index is 6.21. The van der Waals surface area contributed by atoms with Crippen LogP contribution < -0.4 is 11.1 Å². The van der Waals surface area contributed by atoms with Gasteiger partial charge in [-0.3, -0.25) is 0 Å². The first-order chi connectivity index (χ1) is 12.9. The van der Waals surface area contributed by atoms with Crippen LogP contribution in [0, 0.1) is 9.49 Å². The Kier molecular flexibility index (Phi) is 7.18. The first-order valence-corrected chi connectivity index (χ1v) is 11.0. The van der Waals surface area contributed by atoms with Crippen molar-refractivity contribution in [2.75, 3.05) is 18.8 Å². The summed E-state index contributed by atoms with van der Waals surface area (Å²) in [5, 5.41) is 5.03. The number of nitrogens with two attached hydrogens (primary N) is 1. The summed E-state index contributed by atoms with van der Waals surface area (Å²) in [6.45, 7) is 7.17. The number of nitrogen functional groups attached to an aromatic ring is 1. The van der Waals surface area contributed by atoms with E-state index in [1.54, 1.807) is 11.8 Å². The number of fused-ring (bicyclic) bond motifs is 1. The van der Waals surface area contributed by atoms with Crippen LogP contribution in [0.1, 0.15) is 20.3 Å². The quantitative estimate of drug-likeness (QED) is 0.340. The summed E-state index contributed by atoms with van der Waals surface area (Å²) in [6, 6.07) is 5.95. The van der Waals surface area contributed by atoms with Crippen molar-refractivity contribution in [3.63, 3.8) is 0 Å². The van der Waals surface area contributed by atoms with Crippen LogP contribution >= 0.6 is 46.0 Å². The lowest BCUT2D eigenvalue weighted by Crippen LogP contribution is -2.21. The number of nitrogens with zero attached hydrogens (tertiary/aromatic N) is 4. The zero-order chi connectivity index (χ0) is 19.4. The Balaban J connectivity index is 1.85. The van der Waals surface area contributed by atoms with Gasteiger partial charge in [0.05, 0.1) is 0 Å². The lowest BCUT2D eigenvalue weighted by molar-refractivity contribution is 0.514. The third kappa shape index (κ3) is 5.46. The van der Waals surface area contributed by atoms with Crippen LogP contribution in [-0.4, -0.2) is 32.6 Å². The van der Waals surface area contributed by atoms with Gasteiger partial charge in [-0.05, 0) is 66.2 Å². The monoisotopic (exact) mass is 516 g/mol. The normalized spacial score (nSPS) is 11.6. The van der Waals surface area contributed by atoms with E-state index >= 15 is 0 Å². The van der Waals surface area contributed by atoms with Crippen molar-refractivity contribution in [2.45, 2.75) is 36.9 Å². The fourth-order valence-corrected chi connectivity index (χ4v) is 5.03. The van der Waals surface area contributed by atoms with E-state index in [9.17, 15) is 0 Å². The Labute approximate surface area is 181 Å². The fraction of sp³-hybridized carbons (Fsp3) is 0.389. The van der Waals surface area contributed by atoms with Crippen molar-refractivity contribution < 1.29 is 0 Å². The van der Waals surface area contributed by atoms with Crippen LogP contribution in [0.4, 0.5) is 5.82 Å². The topological polar surface area (TPSA) is 81.7 Å². The van der Waals surface area contributed by atoms with Crippen LogP contribution in [0.5, 0.6) is 0 Å². The van der Waals surface area contributed by atoms with Crippen LogP contribution in [-0.2, 0) is 6.54 Å². The van der Waals surface area contributed by atoms with Gasteiger partial charge in [-0.15, -0.1) is 0 Å². The van der Waals surface area contributed by atoms with Crippen molar-refractivity contribution in [3.8, 4) is 0 Å². The van der Waals surface area contributed by atoms with Gasteiger partial charge in [-0.1, -0.05) is 37.2 Å². The highest BCUT2D eigenvalue weighted by molar-refractivity contribution is 14.1. The summed E-state index contributed by atoms with van der Waals surface area (Å²) in [4.78, 5) is 14.2. The maximum atomic E-state index is 6.21. The number of hydrogen-bond acceptors (Lipinski definition) is 6. The van der Waals surface area contributed by atoms with Gasteiger partial charge in [0.25, 0.3) is 0 Å². The largest absolute Gasteiger partial charge is 0.382 e. The molecule has 0 aliphatic carbocycles. The minimum atomic E-state index is 0.402. The minimum absolute atomic E-state index is 0.402. The molecule has 2 heterocycles. The van der Waals surface area contributed by atoms with E-state index in [2.05, 4.69) is 62.4 Å². The molecule has 3 N–H and O–H groups in total. The smallest absolute Gasteiger partial charge is 0.175 e. The van der Waals surface area contributed by atoms with E-state index in [4.69, 9.17) is 22.3 Å². The van der Waals surface area contributed by atoms with Crippen molar-refractivity contribution in [2.24, 2.45) is 5.92 Å². The molecule has 0 aliphatic heterocycles. The number of halogens is 2. The van der Waals surface area contributed by atoms with Gasteiger partial charge in [-0.25, -0.2) is 15.0 Å². The van der Waals surface area contributed by atoms with E-state index < -0.39 is 0 Å². The molecule has 0 amide bonds. The van der Waals surface area contributed by atoms with Gasteiger partial charge in [-0.2, -0.15) is 0 Å². The molecule has 3 aromatic rings. The van der Waals surface area contributed by atoms with E-state index in [-0.39, 0.29) is 0 Å². The number of imidazole rings is 1. The summed E-state index contributed by atoms with van der Waals surface area (Å²) in [6.07, 6.45) is 2.46. The molecule has 0 bridgehead atoms. The van der Waals surface area contributed by atoms with Gasteiger partial charge in [0.15, 0.2) is 22.1 Å². The average molecular weight is 517 g/mol. The molecule has 3 rings (SSSR count). The summed E-state index contributed by atoms with van der Waals surface area (Å²) >= 11 is 10.0. The molecule has 0 saturated heterocycles. The zero-order valence-corrected chi connectivity index (χ0v) is 19.0. The summed E-state index contributed by atoms with van der Waals surface area (Å²) in [7, 11) is 0. The average Bonchev–Trinajstić information content (AvgIpc) is 2.92. The first-order valence-electron chi connectivity index (χ1n) is 8.75. The van der Waals surface area contributed by atoms with Gasteiger partial charge < -0.3 is 15.6 Å². The van der Waals surface area contributed by atoms with Crippen LogP contribution in [0.2, 0.25) is 5.02 Å². The molecule has 0 atom stereocenters. The zero-order valence-electron chi connectivity index (χ0n) is 15.2. The highest BCUT2D eigenvalue weighted by Gasteiger charge is 2.16. The molecule has 0 radical (unpaired) electrons. The molecule has 27 heavy (non-hydrogen) atoms. The van der Waals surface area contributed by atoms with E-state index in [0.717, 1.165) is 45.3 Å². The standard InChI is InChI=1S/C18H22ClIN6S/c1-11(2)9-22-4-3-5-26-17-15(16(21)23-10-24-17)25-18(26)27-14-7-12(19)6-13(20)8-14/h6-8,10-11,22H,3-5,9H2,1-2H3,(H2,21,23,24). The number of nitrogens with one attached hydrogen (secondary N) is 1. The lowest BCUT2D eigenvalue weighted by Gasteiger charge is -2.10. The van der Waals surface area contributed by atoms with Crippen LogP contribution in [0.3, 0.4) is 0 Å². The number of hydrogen-bond donors (Lipinski definition) is 2. The Hall–Kier alpha value is -1.10. The molecule has 9 heteroatoms. The molecule has 144 valence electrons. The molecule has 1 aromatic carbocycles. The van der Waals surface area contributed by atoms with Gasteiger partial charge in [0.2, 0.25) is 0 Å². The third-order valence-corrected chi connectivity index (χ3v) is 5.67. The molecule has 0 saturated carbocycles. The van der Waals surface area contributed by atoms with Crippen molar-refractivity contribution >= 4 is 62.9 Å². The molecule has 0 aliphatic rings. The lowest BCUT2D eigenvalue weighted by atomic mass is 10.2. The minimum Gasteiger partial charge on any atom is -0.382 e. The van der Waals surface area contributed by atoms with Crippen LogP contribution in [0.15, 0.2) is 34.6 Å². The number of anilines is 1. The second-order valence-corrected chi connectivity index (χ2v) is 9.36. The fourth-order valence-electron chi connectivity index (χ4n) is 2.66. The van der Waals surface area contributed by atoms with Crippen molar-refractivity contribution in [1.29, 1.82) is 0 Å². The Morgan fingerprint density at radius 3 is 2.85 bits per heavy atom. The molecule has 6 nitrogen and oxygen atoms in total. The first kappa shape index (κ1) is 20.6. The molecular formula is C18H22ClIN6S. The van der Waals surface area contributed by atoms with E-state index in [1.807, 2.05) is 12.1 Å². The SMILES string of the molecule is CC(C)CNCCCn1c(Sc2cc(Cl)cc(I)c2)nc2c(N)ncnc21. The molecular weight excluding hydrogens is 495 g/mol. The maximum Gasteiger partial charge on any atom is 0.175 e. The highest BCUT2D eigenvalue weighted by atomic mass is 127. The van der Waals surface area contributed by atoms with E-state index in [0.29, 0.717) is 22.3 Å². The number of benzene rings is 1. The Bertz CT molecular complexity index is 909. The van der Waals surface area contributed by atoms with Gasteiger partial charge in [0.1, 0.15) is 6.33 Å². The third-order valence-electron chi connectivity index (χ3n) is 3.86. The van der Waals surface area contributed by atoms with Crippen LogP contribution in [0.25, 0.3) is 11.2 Å². The van der Waals surface area contributed by atoms with Gasteiger partial charge >= 0.3 is 0 Å². The second-order valence-electron chi connectivity index (χ2n) is 6.64. The molecule has 0 unspecified atom stereocenters. The molecule has 0 fully saturated rings. The summed E-state index contributed by atoms with van der Waals surface area (Å²) in [5.41, 5.74) is 7.43. The summed E-state index contributed by atoms with van der Waals surface area (Å²) in [5.74, 6) is 1.04. The Morgan fingerprint density at radius 1 is 1.30 bits per heavy atom. The molecule has 0 spiro atoms. The van der Waals surface area contributed by atoms with Crippen molar-refractivity contribution in [3.05, 3.63) is 33.1 Å². The predicted molar refractivity (Wildman–Crippen MR) is 120 cm³/mol. The Morgan fingerprint density at radius 2 is 2.11 bits per heavy atom. The van der Waals surface area contributed by atoms with Crippen molar-refractivity contribution in [1.82, 2.24) is 24.8 Å². The molecule has 2 aromatic heterocycles. The second kappa shape index (κ2) is 9.40. The highest BCUT2D eigenvalue weighted by Crippen LogP contribution is 2.33. The number of aryl methyl sites for hydroxylation is 1. The van der Waals surface area contributed by atoms with Gasteiger partial charge in [0, 0.05) is 20.0 Å². The predicted octanol–water partition coefficient (Wildman–Crippen LogP) is 4.45.